The second-order valence-electron chi connectivity index (χ2n) is 6.50. The molecule has 7 heteroatoms. The van der Waals surface area contributed by atoms with E-state index in [1.54, 1.807) is 18.4 Å². The molecule has 6 nitrogen and oxygen atoms in total. The van der Waals surface area contributed by atoms with Crippen LogP contribution < -0.4 is 20.1 Å². The molecule has 2 aromatic rings. The van der Waals surface area contributed by atoms with Gasteiger partial charge >= 0.3 is 0 Å². The van der Waals surface area contributed by atoms with Crippen LogP contribution in [0.4, 0.5) is 0 Å². The van der Waals surface area contributed by atoms with Gasteiger partial charge in [-0.05, 0) is 44.0 Å². The molecule has 1 aromatic heterocycles. The third kappa shape index (κ3) is 7.09. The number of benzene rings is 1. The summed E-state index contributed by atoms with van der Waals surface area (Å²) in [6, 6.07) is 7.59. The van der Waals surface area contributed by atoms with Crippen LogP contribution in [0.2, 0.25) is 0 Å². The van der Waals surface area contributed by atoms with Crippen molar-refractivity contribution in [3.05, 3.63) is 40.3 Å². The van der Waals surface area contributed by atoms with E-state index in [9.17, 15) is 0 Å². The number of nitrogens with one attached hydrogen (secondary N) is 2. The van der Waals surface area contributed by atoms with Crippen molar-refractivity contribution in [2.45, 2.75) is 46.3 Å². The Morgan fingerprint density at radius 2 is 1.85 bits per heavy atom. The van der Waals surface area contributed by atoms with Gasteiger partial charge in [-0.25, -0.2) is 9.98 Å². The van der Waals surface area contributed by atoms with Crippen molar-refractivity contribution in [1.29, 1.82) is 0 Å². The molecule has 0 aliphatic rings. The van der Waals surface area contributed by atoms with Crippen molar-refractivity contribution >= 4 is 17.3 Å². The predicted molar refractivity (Wildman–Crippen MR) is 112 cm³/mol. The Morgan fingerprint density at radius 1 is 1.15 bits per heavy atom. The van der Waals surface area contributed by atoms with E-state index in [0.29, 0.717) is 19.0 Å². The topological polar surface area (TPSA) is 67.8 Å². The van der Waals surface area contributed by atoms with Crippen LogP contribution in [0.1, 0.15) is 44.3 Å². The molecular weight excluding hydrogens is 360 g/mol. The van der Waals surface area contributed by atoms with Gasteiger partial charge in [-0.15, -0.1) is 11.3 Å². The molecule has 0 spiro atoms. The molecule has 1 unspecified atom stereocenters. The van der Waals surface area contributed by atoms with E-state index in [1.165, 1.54) is 0 Å². The maximum atomic E-state index is 5.92. The number of ether oxygens (including phenoxy) is 2. The fraction of sp³-hybridized carbons (Fsp3) is 0.500. The number of hydrogen-bond donors (Lipinski definition) is 2. The van der Waals surface area contributed by atoms with Gasteiger partial charge in [0.2, 0.25) is 0 Å². The molecule has 0 saturated carbocycles. The van der Waals surface area contributed by atoms with Gasteiger partial charge in [0.15, 0.2) is 5.96 Å². The first-order valence-corrected chi connectivity index (χ1v) is 10.2. The average Bonchev–Trinajstić information content (AvgIpc) is 3.14. The van der Waals surface area contributed by atoms with Crippen LogP contribution in [0.5, 0.6) is 11.5 Å². The molecule has 2 rings (SSSR count). The molecule has 0 saturated heterocycles. The van der Waals surface area contributed by atoms with Crippen LogP contribution in [0.15, 0.2) is 34.6 Å². The quantitative estimate of drug-likeness (QED) is 0.504. The summed E-state index contributed by atoms with van der Waals surface area (Å²) in [6.45, 7) is 10.4. The van der Waals surface area contributed by atoms with Crippen LogP contribution in [-0.2, 0) is 6.54 Å². The highest BCUT2D eigenvalue weighted by Gasteiger charge is 2.08. The summed E-state index contributed by atoms with van der Waals surface area (Å²) in [5.74, 6) is 2.85. The normalized spacial score (nSPS) is 12.7. The Labute approximate surface area is 166 Å². The molecule has 0 radical (unpaired) electrons. The van der Waals surface area contributed by atoms with Gasteiger partial charge in [0, 0.05) is 11.9 Å². The number of aromatic nitrogens is 1. The third-order valence-corrected chi connectivity index (χ3v) is 4.68. The van der Waals surface area contributed by atoms with Crippen molar-refractivity contribution in [2.24, 2.45) is 4.99 Å². The van der Waals surface area contributed by atoms with Crippen LogP contribution in [0.3, 0.4) is 0 Å². The number of hydrogen-bond acceptors (Lipinski definition) is 5. The summed E-state index contributed by atoms with van der Waals surface area (Å²) in [5, 5.41) is 9.73. The molecule has 148 valence electrons. The number of nitrogens with zero attached hydrogens (tertiary/aromatic N) is 2. The monoisotopic (exact) mass is 390 g/mol. The van der Waals surface area contributed by atoms with Crippen LogP contribution >= 0.6 is 11.3 Å². The smallest absolute Gasteiger partial charge is 0.191 e. The number of methoxy groups -OCH3 is 1. The first kappa shape index (κ1) is 21.0. The van der Waals surface area contributed by atoms with Crippen molar-refractivity contribution in [1.82, 2.24) is 15.6 Å². The average molecular weight is 391 g/mol. The molecule has 2 N–H and O–H groups in total. The van der Waals surface area contributed by atoms with Gasteiger partial charge in [-0.2, -0.15) is 0 Å². The van der Waals surface area contributed by atoms with E-state index in [4.69, 9.17) is 9.47 Å². The van der Waals surface area contributed by atoms with Crippen LogP contribution in [0, 0.1) is 0 Å². The summed E-state index contributed by atoms with van der Waals surface area (Å²) in [6.07, 6.45) is -0.00495. The summed E-state index contributed by atoms with van der Waals surface area (Å²) in [7, 11) is 1.65. The highest BCUT2D eigenvalue weighted by atomic mass is 32.1. The lowest BCUT2D eigenvalue weighted by Gasteiger charge is -2.17. The number of thiazole rings is 1. The fourth-order valence-electron chi connectivity index (χ4n) is 2.32. The molecule has 0 bridgehead atoms. The van der Waals surface area contributed by atoms with Gasteiger partial charge in [0.25, 0.3) is 0 Å². The number of guanidine groups is 1. The molecule has 27 heavy (non-hydrogen) atoms. The Balaban J connectivity index is 1.86. The van der Waals surface area contributed by atoms with Gasteiger partial charge in [-0.3, -0.25) is 0 Å². The largest absolute Gasteiger partial charge is 0.497 e. The Kier molecular flexibility index (Phi) is 8.39. The number of aliphatic imine (C=N–C) groups is 1. The molecule has 0 fully saturated rings. The summed E-state index contributed by atoms with van der Waals surface area (Å²) >= 11 is 1.66. The van der Waals surface area contributed by atoms with Crippen LogP contribution in [-0.4, -0.2) is 37.2 Å². The third-order valence-electron chi connectivity index (χ3n) is 3.83. The van der Waals surface area contributed by atoms with Gasteiger partial charge in [-0.1, -0.05) is 13.8 Å². The number of rotatable bonds is 9. The van der Waals surface area contributed by atoms with Crippen molar-refractivity contribution in [2.75, 3.05) is 20.2 Å². The second kappa shape index (κ2) is 10.8. The first-order chi connectivity index (χ1) is 13.0. The summed E-state index contributed by atoms with van der Waals surface area (Å²) in [4.78, 5) is 9.26. The Morgan fingerprint density at radius 3 is 2.44 bits per heavy atom. The minimum Gasteiger partial charge on any atom is -0.497 e. The zero-order valence-corrected chi connectivity index (χ0v) is 17.6. The van der Waals surface area contributed by atoms with E-state index in [-0.39, 0.29) is 6.10 Å². The zero-order valence-electron chi connectivity index (χ0n) is 16.8. The predicted octanol–water partition coefficient (Wildman–Crippen LogP) is 3.80. The Bertz CT molecular complexity index is 713. The van der Waals surface area contributed by atoms with E-state index >= 15 is 0 Å². The minimum atomic E-state index is -0.00495. The lowest BCUT2D eigenvalue weighted by Crippen LogP contribution is -2.41. The first-order valence-electron chi connectivity index (χ1n) is 9.29. The summed E-state index contributed by atoms with van der Waals surface area (Å²) < 4.78 is 11.1. The fourth-order valence-corrected chi connectivity index (χ4v) is 3.20. The second-order valence-corrected chi connectivity index (χ2v) is 7.44. The summed E-state index contributed by atoms with van der Waals surface area (Å²) in [5.41, 5.74) is 1.13. The molecule has 0 amide bonds. The molecule has 1 aromatic carbocycles. The minimum absolute atomic E-state index is 0.00495. The molecule has 0 aliphatic heterocycles. The Hall–Kier alpha value is -2.28. The lowest BCUT2D eigenvalue weighted by molar-refractivity contribution is 0.223. The van der Waals surface area contributed by atoms with Crippen LogP contribution in [0.25, 0.3) is 0 Å². The van der Waals surface area contributed by atoms with E-state index in [2.05, 4.69) is 46.8 Å². The highest BCUT2D eigenvalue weighted by molar-refractivity contribution is 7.09. The maximum absolute atomic E-state index is 5.92. The van der Waals surface area contributed by atoms with E-state index in [1.807, 2.05) is 31.2 Å². The van der Waals surface area contributed by atoms with Crippen molar-refractivity contribution in [3.8, 4) is 11.5 Å². The van der Waals surface area contributed by atoms with E-state index in [0.717, 1.165) is 34.7 Å². The molecule has 0 aliphatic carbocycles. The molecular formula is C20H30N4O2S. The van der Waals surface area contributed by atoms with E-state index < -0.39 is 0 Å². The molecule has 1 heterocycles. The van der Waals surface area contributed by atoms with Crippen molar-refractivity contribution in [3.63, 3.8) is 0 Å². The maximum Gasteiger partial charge on any atom is 0.191 e. The van der Waals surface area contributed by atoms with Gasteiger partial charge in [0.1, 0.15) is 22.6 Å². The van der Waals surface area contributed by atoms with Gasteiger partial charge in [0.05, 0.1) is 25.9 Å². The SMILES string of the molecule is CCNC(=NCc1nc(C(C)C)cs1)NCC(C)Oc1ccc(OC)cc1. The van der Waals surface area contributed by atoms with Crippen molar-refractivity contribution < 1.29 is 9.47 Å². The lowest BCUT2D eigenvalue weighted by atomic mass is 10.2. The van der Waals surface area contributed by atoms with Gasteiger partial charge < -0.3 is 20.1 Å². The standard InChI is InChI=1S/C20H30N4O2S/c1-6-21-20(23-12-19-24-18(13-27-19)14(2)3)22-11-15(4)26-17-9-7-16(25-5)8-10-17/h7-10,13-15H,6,11-12H2,1-5H3,(H2,21,22,23). The highest BCUT2D eigenvalue weighted by Crippen LogP contribution is 2.19. The zero-order chi connectivity index (χ0) is 19.6. The molecule has 1 atom stereocenters.